The van der Waals surface area contributed by atoms with E-state index in [1.54, 1.807) is 20.1 Å². The van der Waals surface area contributed by atoms with E-state index >= 15 is 0 Å². The Morgan fingerprint density at radius 2 is 2.17 bits per heavy atom. The number of nitrogens with zero attached hydrogens (tertiary/aromatic N) is 5. The maximum Gasteiger partial charge on any atom is 0.241 e. The summed E-state index contributed by atoms with van der Waals surface area (Å²) < 4.78 is 16.7. The van der Waals surface area contributed by atoms with Crippen molar-refractivity contribution in [3.8, 4) is 0 Å². The second-order valence-corrected chi connectivity index (χ2v) is 6.25. The monoisotopic (exact) mass is 459 g/mol. The molecule has 7 nitrogen and oxygen atoms in total. The normalized spacial score (nSPS) is 10.7. The van der Waals surface area contributed by atoms with Crippen molar-refractivity contribution in [2.45, 2.75) is 0 Å². The average molecular weight is 460 g/mol. The minimum absolute atomic E-state index is 0.0382. The zero-order valence-corrected chi connectivity index (χ0v) is 15.3. The van der Waals surface area contributed by atoms with Gasteiger partial charge in [0.15, 0.2) is 5.82 Å². The Balaban J connectivity index is 1.89. The van der Waals surface area contributed by atoms with E-state index in [-0.39, 0.29) is 5.69 Å². The average Bonchev–Trinajstić information content (AvgIpc) is 2.99. The fraction of sp³-hybridized carbons (Fsp3) is 0.0714. The zero-order valence-electron chi connectivity index (χ0n) is 12.4. The Bertz CT molecular complexity index is 885. The number of nitrogens with one attached hydrogen (secondary N) is 1. The lowest BCUT2D eigenvalue weighted by atomic mass is 10.2. The van der Waals surface area contributed by atoms with E-state index in [1.165, 1.54) is 18.3 Å². The summed E-state index contributed by atoms with van der Waals surface area (Å²) in [5, 5.41) is 7.46. The molecule has 0 unspecified atom stereocenters. The molecule has 24 heavy (non-hydrogen) atoms. The molecule has 3 rings (SSSR count). The molecule has 1 aromatic carbocycles. The molecule has 0 fully saturated rings. The smallest absolute Gasteiger partial charge is 0.241 e. The highest BCUT2D eigenvalue weighted by molar-refractivity contribution is 14.1. The van der Waals surface area contributed by atoms with E-state index in [0.717, 1.165) is 5.69 Å². The summed E-state index contributed by atoms with van der Waals surface area (Å²) in [7, 11) is 1.82. The van der Waals surface area contributed by atoms with Crippen LogP contribution in [0.15, 0.2) is 36.8 Å². The van der Waals surface area contributed by atoms with Crippen LogP contribution >= 0.6 is 34.5 Å². The van der Waals surface area contributed by atoms with Gasteiger partial charge in [-0.3, -0.25) is 4.68 Å². The van der Waals surface area contributed by atoms with Crippen molar-refractivity contribution < 1.29 is 4.39 Å². The van der Waals surface area contributed by atoms with Gasteiger partial charge in [0.05, 0.1) is 46.6 Å². The van der Waals surface area contributed by atoms with Crippen molar-refractivity contribution in [2.75, 3.05) is 14.2 Å². The SMILES string of the molecule is Cn1cc(N(I)c2ncc(Cl)c(Nc3ccc(F)c(N)c3)n2)cn1. The lowest BCUT2D eigenvalue weighted by molar-refractivity contribution is 0.632. The Morgan fingerprint density at radius 1 is 1.38 bits per heavy atom. The van der Waals surface area contributed by atoms with E-state index in [1.807, 2.05) is 13.2 Å². The van der Waals surface area contributed by atoms with Crippen LogP contribution in [0.4, 0.5) is 33.2 Å². The number of halogens is 3. The third kappa shape index (κ3) is 3.51. The number of rotatable bonds is 4. The van der Waals surface area contributed by atoms with Crippen LogP contribution in [0, 0.1) is 5.82 Å². The first kappa shape index (κ1) is 16.7. The molecule has 10 heteroatoms. The van der Waals surface area contributed by atoms with Gasteiger partial charge in [-0.1, -0.05) is 11.6 Å². The van der Waals surface area contributed by atoms with E-state index in [2.05, 4.69) is 43.2 Å². The van der Waals surface area contributed by atoms with Gasteiger partial charge in [-0.25, -0.2) is 12.5 Å². The summed E-state index contributed by atoms with van der Waals surface area (Å²) in [5.41, 5.74) is 7.00. The topological polar surface area (TPSA) is 84.9 Å². The summed E-state index contributed by atoms with van der Waals surface area (Å²) in [6.45, 7) is 0. The highest BCUT2D eigenvalue weighted by atomic mass is 127. The number of aromatic nitrogens is 4. The highest BCUT2D eigenvalue weighted by Crippen LogP contribution is 2.30. The Morgan fingerprint density at radius 3 is 2.83 bits per heavy atom. The van der Waals surface area contributed by atoms with Crippen molar-refractivity contribution in [3.63, 3.8) is 0 Å². The first-order valence-corrected chi connectivity index (χ1v) is 8.07. The van der Waals surface area contributed by atoms with Crippen LogP contribution < -0.4 is 14.2 Å². The molecular weight excluding hydrogens is 448 g/mol. The van der Waals surface area contributed by atoms with Crippen LogP contribution in [0.25, 0.3) is 0 Å². The maximum atomic E-state index is 13.3. The van der Waals surface area contributed by atoms with Crippen LogP contribution in [0.2, 0.25) is 5.02 Å². The van der Waals surface area contributed by atoms with Gasteiger partial charge < -0.3 is 11.1 Å². The number of nitrogen functional groups attached to an aromatic ring is 1. The van der Waals surface area contributed by atoms with Crippen LogP contribution in [0.1, 0.15) is 0 Å². The molecule has 0 aliphatic carbocycles. The molecule has 3 N–H and O–H groups in total. The molecule has 2 aromatic heterocycles. The van der Waals surface area contributed by atoms with Crippen molar-refractivity contribution >= 4 is 63.3 Å². The summed E-state index contributed by atoms with van der Waals surface area (Å²) >= 11 is 8.21. The van der Waals surface area contributed by atoms with Gasteiger partial charge in [-0.15, -0.1) is 0 Å². The van der Waals surface area contributed by atoms with Crippen molar-refractivity contribution in [1.82, 2.24) is 19.7 Å². The fourth-order valence-electron chi connectivity index (χ4n) is 1.92. The van der Waals surface area contributed by atoms with E-state index in [0.29, 0.717) is 22.5 Å². The molecule has 2 heterocycles. The number of anilines is 5. The molecular formula is C14H12ClFIN7. The van der Waals surface area contributed by atoms with Crippen molar-refractivity contribution in [1.29, 1.82) is 0 Å². The van der Waals surface area contributed by atoms with Gasteiger partial charge in [-0.05, 0) is 18.2 Å². The summed E-state index contributed by atoms with van der Waals surface area (Å²) in [4.78, 5) is 8.61. The maximum absolute atomic E-state index is 13.3. The number of hydrogen-bond donors (Lipinski definition) is 2. The third-order valence-electron chi connectivity index (χ3n) is 3.08. The van der Waals surface area contributed by atoms with Gasteiger partial charge in [0.1, 0.15) is 10.8 Å². The number of benzene rings is 1. The first-order chi connectivity index (χ1) is 11.4. The lowest BCUT2D eigenvalue weighted by Gasteiger charge is -2.14. The molecule has 0 radical (unpaired) electrons. The Labute approximate surface area is 156 Å². The predicted octanol–water partition coefficient (Wildman–Crippen LogP) is 3.82. The summed E-state index contributed by atoms with van der Waals surface area (Å²) in [6, 6.07) is 4.29. The van der Waals surface area contributed by atoms with Gasteiger partial charge in [0.25, 0.3) is 0 Å². The molecule has 0 spiro atoms. The molecule has 0 saturated carbocycles. The number of hydrogen-bond acceptors (Lipinski definition) is 6. The zero-order chi connectivity index (χ0) is 17.3. The van der Waals surface area contributed by atoms with E-state index in [4.69, 9.17) is 17.3 Å². The highest BCUT2D eigenvalue weighted by Gasteiger charge is 2.14. The largest absolute Gasteiger partial charge is 0.396 e. The Hall–Kier alpha value is -2.14. The van der Waals surface area contributed by atoms with Crippen molar-refractivity contribution in [3.05, 3.63) is 47.6 Å². The van der Waals surface area contributed by atoms with E-state index in [9.17, 15) is 4.39 Å². The Kier molecular flexibility index (Phi) is 4.71. The second-order valence-electron chi connectivity index (χ2n) is 4.88. The van der Waals surface area contributed by atoms with Crippen LogP contribution in [0.3, 0.4) is 0 Å². The molecule has 0 aliphatic rings. The van der Waals surface area contributed by atoms with Crippen LogP contribution in [-0.2, 0) is 7.05 Å². The summed E-state index contributed by atoms with van der Waals surface area (Å²) in [5.74, 6) is 0.328. The van der Waals surface area contributed by atoms with Crippen LogP contribution in [-0.4, -0.2) is 19.7 Å². The minimum Gasteiger partial charge on any atom is -0.396 e. The first-order valence-electron chi connectivity index (χ1n) is 6.73. The molecule has 0 amide bonds. The van der Waals surface area contributed by atoms with E-state index < -0.39 is 5.82 Å². The number of aryl methyl sites for hydroxylation is 1. The minimum atomic E-state index is -0.481. The lowest BCUT2D eigenvalue weighted by Crippen LogP contribution is -2.07. The van der Waals surface area contributed by atoms with Gasteiger partial charge in [0.2, 0.25) is 5.95 Å². The van der Waals surface area contributed by atoms with Gasteiger partial charge >= 0.3 is 0 Å². The molecule has 0 bridgehead atoms. The molecule has 124 valence electrons. The van der Waals surface area contributed by atoms with Gasteiger partial charge in [-0.2, -0.15) is 10.1 Å². The summed E-state index contributed by atoms with van der Waals surface area (Å²) in [6.07, 6.45) is 5.01. The molecule has 0 saturated heterocycles. The molecule has 3 aromatic rings. The molecule has 0 aliphatic heterocycles. The van der Waals surface area contributed by atoms with Crippen LogP contribution in [0.5, 0.6) is 0 Å². The number of nitrogens with two attached hydrogens (primary N) is 1. The quantitative estimate of drug-likeness (QED) is 0.351. The second kappa shape index (κ2) is 6.77. The third-order valence-corrected chi connectivity index (χ3v) is 4.35. The molecule has 0 atom stereocenters. The van der Waals surface area contributed by atoms with Gasteiger partial charge in [0, 0.05) is 18.9 Å². The standard InChI is InChI=1S/C14H12ClFIN7/c1-23-7-9(5-20-23)24(17)14-19-6-10(15)13(22-14)21-8-2-3-11(16)12(18)4-8/h2-7H,18H2,1H3,(H,19,21,22). The fourth-order valence-corrected chi connectivity index (χ4v) is 2.54. The van der Waals surface area contributed by atoms with Crippen molar-refractivity contribution in [2.24, 2.45) is 7.05 Å². The predicted molar refractivity (Wildman–Crippen MR) is 101 cm³/mol.